The third kappa shape index (κ3) is 4.05. The second kappa shape index (κ2) is 7.04. The van der Waals surface area contributed by atoms with E-state index in [0.29, 0.717) is 17.7 Å². The molecule has 2 atom stereocenters. The van der Waals surface area contributed by atoms with Gasteiger partial charge in [0, 0.05) is 51.1 Å². The van der Waals surface area contributed by atoms with Crippen LogP contribution in [0.1, 0.15) is 47.0 Å². The van der Waals surface area contributed by atoms with E-state index >= 15 is 0 Å². The van der Waals surface area contributed by atoms with Gasteiger partial charge in [0.2, 0.25) is 0 Å². The first kappa shape index (κ1) is 16.0. The Morgan fingerprint density at radius 1 is 1.10 bits per heavy atom. The summed E-state index contributed by atoms with van der Waals surface area (Å²) in [6, 6.07) is 0.652. The number of hydrogen-bond acceptors (Lipinski definition) is 3. The van der Waals surface area contributed by atoms with Crippen LogP contribution in [0.4, 0.5) is 0 Å². The van der Waals surface area contributed by atoms with E-state index in [1.165, 1.54) is 0 Å². The molecular weight excluding hydrogens is 248 g/mol. The fraction of sp³-hybridized carbons (Fsp3) is 0.941. The summed E-state index contributed by atoms with van der Waals surface area (Å²) in [4.78, 5) is 17.2. The van der Waals surface area contributed by atoms with Gasteiger partial charge < -0.3 is 4.90 Å². The maximum Gasteiger partial charge on any atom is 0.137 e. The second-order valence-corrected chi connectivity index (χ2v) is 7.37. The summed E-state index contributed by atoms with van der Waals surface area (Å²) < 4.78 is 0. The average molecular weight is 280 g/mol. The van der Waals surface area contributed by atoms with E-state index in [9.17, 15) is 4.79 Å². The van der Waals surface area contributed by atoms with Crippen LogP contribution in [0.3, 0.4) is 0 Å². The minimum absolute atomic E-state index is 0.307. The summed E-state index contributed by atoms with van der Waals surface area (Å²) in [5.41, 5.74) is 0. The van der Waals surface area contributed by atoms with E-state index in [4.69, 9.17) is 0 Å². The zero-order chi connectivity index (χ0) is 14.7. The highest BCUT2D eigenvalue weighted by molar-refractivity contribution is 5.82. The van der Waals surface area contributed by atoms with Crippen molar-refractivity contribution < 1.29 is 4.79 Å². The fourth-order valence-corrected chi connectivity index (χ4v) is 3.70. The van der Waals surface area contributed by atoms with Crippen molar-refractivity contribution >= 4 is 5.78 Å². The molecule has 3 heteroatoms. The van der Waals surface area contributed by atoms with Crippen molar-refractivity contribution in [1.82, 2.24) is 9.80 Å². The van der Waals surface area contributed by atoms with Gasteiger partial charge in [-0.1, -0.05) is 13.8 Å². The Labute approximate surface area is 124 Å². The number of piperazine rings is 1. The summed E-state index contributed by atoms with van der Waals surface area (Å²) in [6.45, 7) is 14.7. The molecule has 0 aromatic rings. The van der Waals surface area contributed by atoms with Crippen molar-refractivity contribution in [3.05, 3.63) is 0 Å². The molecule has 1 aliphatic heterocycles. The quantitative estimate of drug-likeness (QED) is 0.791. The summed E-state index contributed by atoms with van der Waals surface area (Å²) >= 11 is 0. The van der Waals surface area contributed by atoms with E-state index < -0.39 is 0 Å². The van der Waals surface area contributed by atoms with Gasteiger partial charge in [-0.15, -0.1) is 0 Å². The highest BCUT2D eigenvalue weighted by atomic mass is 16.1. The first-order chi connectivity index (χ1) is 9.47. The molecule has 0 aromatic carbocycles. The number of rotatable bonds is 4. The molecule has 2 rings (SSSR count). The number of hydrogen-bond donors (Lipinski definition) is 0. The molecule has 1 heterocycles. The number of carbonyl (C=O) groups is 1. The topological polar surface area (TPSA) is 23.6 Å². The van der Waals surface area contributed by atoms with Gasteiger partial charge in [0.15, 0.2) is 0 Å². The molecule has 0 amide bonds. The minimum Gasteiger partial charge on any atom is -0.300 e. The Morgan fingerprint density at radius 2 is 1.75 bits per heavy atom. The van der Waals surface area contributed by atoms with Crippen molar-refractivity contribution in [2.24, 2.45) is 17.8 Å². The molecule has 0 N–H and O–H groups in total. The van der Waals surface area contributed by atoms with E-state index in [1.807, 2.05) is 0 Å². The molecule has 0 spiro atoms. The molecule has 0 bridgehead atoms. The van der Waals surface area contributed by atoms with Crippen molar-refractivity contribution in [2.45, 2.75) is 53.0 Å². The summed E-state index contributed by atoms with van der Waals surface area (Å²) in [5.74, 6) is 2.31. The fourth-order valence-electron chi connectivity index (χ4n) is 3.70. The lowest BCUT2D eigenvalue weighted by Gasteiger charge is -2.39. The molecule has 0 aromatic heterocycles. The normalized spacial score (nSPS) is 30.4. The Hall–Kier alpha value is -0.410. The van der Waals surface area contributed by atoms with Gasteiger partial charge >= 0.3 is 0 Å². The zero-order valence-corrected chi connectivity index (χ0v) is 13.8. The van der Waals surface area contributed by atoms with Crippen molar-refractivity contribution in [2.75, 3.05) is 32.7 Å². The molecule has 20 heavy (non-hydrogen) atoms. The monoisotopic (exact) mass is 280 g/mol. The lowest BCUT2D eigenvalue weighted by Crippen LogP contribution is -2.50. The Bertz CT molecular complexity index is 319. The minimum atomic E-state index is 0.307. The molecular formula is C17H32N2O. The predicted octanol–water partition coefficient (Wildman–Crippen LogP) is 2.65. The van der Waals surface area contributed by atoms with Gasteiger partial charge in [0.1, 0.15) is 5.78 Å². The molecule has 3 nitrogen and oxygen atoms in total. The molecule has 2 fully saturated rings. The summed E-state index contributed by atoms with van der Waals surface area (Å²) in [7, 11) is 0. The molecule has 1 saturated carbocycles. The maximum absolute atomic E-state index is 12.2. The first-order valence-electron chi connectivity index (χ1n) is 8.46. The maximum atomic E-state index is 12.2. The van der Waals surface area contributed by atoms with Gasteiger partial charge in [0.05, 0.1) is 0 Å². The van der Waals surface area contributed by atoms with E-state index in [0.717, 1.165) is 63.8 Å². The first-order valence-corrected chi connectivity index (χ1v) is 8.46. The molecule has 2 unspecified atom stereocenters. The van der Waals surface area contributed by atoms with Crippen LogP contribution in [0.15, 0.2) is 0 Å². The number of ketones is 1. The Balaban J connectivity index is 1.82. The van der Waals surface area contributed by atoms with Crippen LogP contribution in [0.25, 0.3) is 0 Å². The van der Waals surface area contributed by atoms with Gasteiger partial charge in [-0.25, -0.2) is 0 Å². The third-order valence-electron chi connectivity index (χ3n) is 5.36. The summed E-state index contributed by atoms with van der Waals surface area (Å²) in [5, 5.41) is 0. The number of nitrogens with zero attached hydrogens (tertiary/aromatic N) is 2. The van der Waals surface area contributed by atoms with Crippen molar-refractivity contribution in [1.29, 1.82) is 0 Å². The van der Waals surface area contributed by atoms with Gasteiger partial charge in [-0.2, -0.15) is 0 Å². The van der Waals surface area contributed by atoms with E-state index in [2.05, 4.69) is 37.5 Å². The number of Topliss-reactive ketones (excluding diaryl/α,β-unsaturated/α-hetero) is 1. The zero-order valence-electron chi connectivity index (χ0n) is 13.8. The van der Waals surface area contributed by atoms with Gasteiger partial charge in [0.25, 0.3) is 0 Å². The molecule has 116 valence electrons. The number of carbonyl (C=O) groups excluding carboxylic acids is 1. The highest BCUT2D eigenvalue weighted by Gasteiger charge is 2.32. The average Bonchev–Trinajstić information content (AvgIpc) is 2.41. The smallest absolute Gasteiger partial charge is 0.137 e. The lowest BCUT2D eigenvalue weighted by atomic mass is 9.75. The second-order valence-electron chi connectivity index (χ2n) is 7.37. The van der Waals surface area contributed by atoms with Crippen LogP contribution in [0.5, 0.6) is 0 Å². The Kier molecular flexibility index (Phi) is 5.62. The standard InChI is InChI=1S/C17H32N2O/c1-13(2)15-5-6-17(20)16(11-15)12-18-7-9-19(10-8-18)14(3)4/h13-16H,5-12H2,1-4H3. The SMILES string of the molecule is CC(C)C1CCC(=O)C(CN2CCN(C(C)C)CC2)C1. The largest absolute Gasteiger partial charge is 0.300 e. The predicted molar refractivity (Wildman–Crippen MR) is 83.8 cm³/mol. The van der Waals surface area contributed by atoms with Gasteiger partial charge in [-0.05, 0) is 38.5 Å². The van der Waals surface area contributed by atoms with Gasteiger partial charge in [-0.3, -0.25) is 9.69 Å². The van der Waals surface area contributed by atoms with Crippen LogP contribution < -0.4 is 0 Å². The van der Waals surface area contributed by atoms with E-state index in [-0.39, 0.29) is 0 Å². The molecule has 2 aliphatic rings. The third-order valence-corrected chi connectivity index (χ3v) is 5.36. The van der Waals surface area contributed by atoms with Crippen molar-refractivity contribution in [3.63, 3.8) is 0 Å². The van der Waals surface area contributed by atoms with Crippen molar-refractivity contribution in [3.8, 4) is 0 Å². The van der Waals surface area contributed by atoms with Crippen LogP contribution >= 0.6 is 0 Å². The molecule has 1 aliphatic carbocycles. The lowest BCUT2D eigenvalue weighted by molar-refractivity contribution is -0.127. The molecule has 1 saturated heterocycles. The van der Waals surface area contributed by atoms with Crippen LogP contribution in [0.2, 0.25) is 0 Å². The molecule has 0 radical (unpaired) electrons. The summed E-state index contributed by atoms with van der Waals surface area (Å²) in [6.07, 6.45) is 3.06. The van der Waals surface area contributed by atoms with Crippen LogP contribution in [-0.2, 0) is 4.79 Å². The highest BCUT2D eigenvalue weighted by Crippen LogP contribution is 2.32. The Morgan fingerprint density at radius 3 is 2.30 bits per heavy atom. The van der Waals surface area contributed by atoms with Crippen LogP contribution in [-0.4, -0.2) is 54.3 Å². The van der Waals surface area contributed by atoms with Crippen LogP contribution in [0, 0.1) is 17.8 Å². The van der Waals surface area contributed by atoms with E-state index in [1.54, 1.807) is 0 Å².